The first-order valence-corrected chi connectivity index (χ1v) is 8.01. The summed E-state index contributed by atoms with van der Waals surface area (Å²) in [6, 6.07) is 0. The van der Waals surface area contributed by atoms with Crippen molar-refractivity contribution in [2.24, 2.45) is 4.99 Å². The van der Waals surface area contributed by atoms with Crippen molar-refractivity contribution in [2.45, 2.75) is 46.7 Å². The monoisotopic (exact) mass is 450 g/mol. The van der Waals surface area contributed by atoms with Crippen LogP contribution < -0.4 is 10.6 Å². The first-order chi connectivity index (χ1) is 10.7. The molecule has 7 nitrogen and oxygen atoms in total. The fourth-order valence-electron chi connectivity index (χ4n) is 2.07. The summed E-state index contributed by atoms with van der Waals surface area (Å²) in [4.78, 5) is 18.4. The number of carbonyl (C=O) groups is 1. The summed E-state index contributed by atoms with van der Waals surface area (Å²) in [5.41, 5.74) is 0.905. The fraction of sp³-hybridized carbons (Fsp3) is 0.688. The Bertz CT molecular complexity index is 535. The van der Waals surface area contributed by atoms with Gasteiger partial charge in [0, 0.05) is 25.3 Å². The van der Waals surface area contributed by atoms with Crippen molar-refractivity contribution < 1.29 is 4.79 Å². The highest BCUT2D eigenvalue weighted by atomic mass is 127. The van der Waals surface area contributed by atoms with Crippen molar-refractivity contribution in [3.8, 4) is 0 Å². The highest BCUT2D eigenvalue weighted by molar-refractivity contribution is 14.0. The number of aryl methyl sites for hydroxylation is 1. The molecule has 0 saturated carbocycles. The molecule has 1 rings (SSSR count). The van der Waals surface area contributed by atoms with Crippen molar-refractivity contribution >= 4 is 35.8 Å². The van der Waals surface area contributed by atoms with Gasteiger partial charge in [-0.15, -0.1) is 24.0 Å². The van der Waals surface area contributed by atoms with Crippen molar-refractivity contribution in [3.05, 3.63) is 18.0 Å². The Hall–Kier alpha value is -1.32. The van der Waals surface area contributed by atoms with Crippen molar-refractivity contribution in [2.75, 3.05) is 26.7 Å². The van der Waals surface area contributed by atoms with Crippen molar-refractivity contribution in [1.82, 2.24) is 25.3 Å². The highest BCUT2D eigenvalue weighted by Gasteiger charge is 2.16. The number of nitrogens with zero attached hydrogens (tertiary/aromatic N) is 4. The molecular weight excluding hydrogens is 419 g/mol. The molecule has 0 aliphatic rings. The zero-order chi connectivity index (χ0) is 17.5. The predicted octanol–water partition coefficient (Wildman–Crippen LogP) is 1.62. The lowest BCUT2D eigenvalue weighted by Gasteiger charge is -2.25. The van der Waals surface area contributed by atoms with E-state index in [4.69, 9.17) is 0 Å². The Labute approximate surface area is 162 Å². The molecule has 0 unspecified atom stereocenters. The predicted molar refractivity (Wildman–Crippen MR) is 109 cm³/mol. The minimum atomic E-state index is -0.231. The van der Waals surface area contributed by atoms with Crippen LogP contribution in [0.15, 0.2) is 17.4 Å². The van der Waals surface area contributed by atoms with E-state index in [9.17, 15) is 4.79 Å². The van der Waals surface area contributed by atoms with Gasteiger partial charge in [0.1, 0.15) is 0 Å². The lowest BCUT2D eigenvalue weighted by Crippen LogP contribution is -2.48. The van der Waals surface area contributed by atoms with Crippen LogP contribution in [0.4, 0.5) is 0 Å². The highest BCUT2D eigenvalue weighted by Crippen LogP contribution is 1.99. The minimum absolute atomic E-state index is 0. The first kappa shape index (κ1) is 22.7. The summed E-state index contributed by atoms with van der Waals surface area (Å²) < 4.78 is 1.87. The number of carbonyl (C=O) groups excluding carboxylic acids is 1. The Kier molecular flexibility index (Phi) is 9.95. The summed E-state index contributed by atoms with van der Waals surface area (Å²) in [6.07, 6.45) is 3.82. The lowest BCUT2D eigenvalue weighted by atomic mass is 10.1. The first-order valence-electron chi connectivity index (χ1n) is 8.01. The van der Waals surface area contributed by atoms with Gasteiger partial charge < -0.3 is 15.5 Å². The molecule has 0 aliphatic carbocycles. The van der Waals surface area contributed by atoms with Crippen LogP contribution in [0, 0.1) is 6.92 Å². The second kappa shape index (κ2) is 10.5. The van der Waals surface area contributed by atoms with Gasteiger partial charge in [-0.2, -0.15) is 5.10 Å². The molecule has 0 atom stereocenters. The molecule has 0 spiro atoms. The Morgan fingerprint density at radius 2 is 2.08 bits per heavy atom. The largest absolute Gasteiger partial charge is 0.357 e. The SMILES string of the molecule is CCNC(=NCCn1cc(C)cn1)N(C)CC(=O)NC(C)(C)C.I. The molecule has 0 aromatic carbocycles. The number of aromatic nitrogens is 2. The molecule has 24 heavy (non-hydrogen) atoms. The van der Waals surface area contributed by atoms with Gasteiger partial charge in [-0.3, -0.25) is 14.5 Å². The Balaban J connectivity index is 0.00000529. The number of halogens is 1. The molecule has 1 heterocycles. The topological polar surface area (TPSA) is 74.5 Å². The summed E-state index contributed by atoms with van der Waals surface area (Å²) in [5.74, 6) is 0.703. The molecule has 1 aromatic rings. The van der Waals surface area contributed by atoms with E-state index in [0.29, 0.717) is 13.1 Å². The van der Waals surface area contributed by atoms with E-state index >= 15 is 0 Å². The van der Waals surface area contributed by atoms with E-state index in [-0.39, 0.29) is 42.0 Å². The van der Waals surface area contributed by atoms with Crippen LogP contribution in [0.3, 0.4) is 0 Å². The van der Waals surface area contributed by atoms with Gasteiger partial charge in [0.15, 0.2) is 5.96 Å². The molecule has 0 saturated heterocycles. The van der Waals surface area contributed by atoms with Gasteiger partial charge >= 0.3 is 0 Å². The molecule has 1 aromatic heterocycles. The van der Waals surface area contributed by atoms with E-state index in [2.05, 4.69) is 20.7 Å². The molecule has 0 aliphatic heterocycles. The maximum atomic E-state index is 12.0. The Morgan fingerprint density at radius 1 is 1.42 bits per heavy atom. The summed E-state index contributed by atoms with van der Waals surface area (Å²) in [6.45, 7) is 12.3. The summed E-state index contributed by atoms with van der Waals surface area (Å²) in [5, 5.41) is 10.4. The molecule has 0 bridgehead atoms. The molecule has 138 valence electrons. The van der Waals surface area contributed by atoms with Gasteiger partial charge in [-0.1, -0.05) is 0 Å². The fourth-order valence-corrected chi connectivity index (χ4v) is 2.07. The van der Waals surface area contributed by atoms with Crippen LogP contribution in [0.25, 0.3) is 0 Å². The molecule has 1 amide bonds. The smallest absolute Gasteiger partial charge is 0.240 e. The quantitative estimate of drug-likeness (QED) is 0.393. The zero-order valence-electron chi connectivity index (χ0n) is 15.6. The van der Waals surface area contributed by atoms with E-state index in [1.165, 1.54) is 0 Å². The summed E-state index contributed by atoms with van der Waals surface area (Å²) >= 11 is 0. The van der Waals surface area contributed by atoms with Gasteiger partial charge in [0.05, 0.1) is 25.8 Å². The minimum Gasteiger partial charge on any atom is -0.357 e. The van der Waals surface area contributed by atoms with E-state index < -0.39 is 0 Å². The van der Waals surface area contributed by atoms with Crippen LogP contribution in [-0.2, 0) is 11.3 Å². The lowest BCUT2D eigenvalue weighted by molar-refractivity contribution is -0.122. The van der Waals surface area contributed by atoms with Crippen LogP contribution in [0.1, 0.15) is 33.3 Å². The number of guanidine groups is 1. The number of nitrogens with one attached hydrogen (secondary N) is 2. The van der Waals surface area contributed by atoms with Gasteiger partial charge in [0.2, 0.25) is 5.91 Å². The number of amides is 1. The maximum Gasteiger partial charge on any atom is 0.240 e. The zero-order valence-corrected chi connectivity index (χ0v) is 17.9. The van der Waals surface area contributed by atoms with Crippen molar-refractivity contribution in [3.63, 3.8) is 0 Å². The van der Waals surface area contributed by atoms with E-state index in [1.807, 2.05) is 63.6 Å². The van der Waals surface area contributed by atoms with Gasteiger partial charge in [-0.25, -0.2) is 0 Å². The standard InChI is InChI=1S/C16H30N6O.HI/c1-7-17-15(18-8-9-22-11-13(2)10-19-22)21(6)12-14(23)20-16(3,4)5;/h10-11H,7-9,12H2,1-6H3,(H,17,18)(H,20,23);1H. The molecular formula is C16H31IN6O. The molecule has 8 heteroatoms. The third kappa shape index (κ3) is 9.09. The van der Waals surface area contributed by atoms with Gasteiger partial charge in [-0.05, 0) is 40.2 Å². The summed E-state index contributed by atoms with van der Waals surface area (Å²) in [7, 11) is 1.86. The van der Waals surface area contributed by atoms with E-state index in [1.54, 1.807) is 0 Å². The van der Waals surface area contributed by atoms with Crippen molar-refractivity contribution in [1.29, 1.82) is 0 Å². The normalized spacial score (nSPS) is 11.7. The van der Waals surface area contributed by atoms with Crippen LogP contribution >= 0.6 is 24.0 Å². The molecule has 0 radical (unpaired) electrons. The Morgan fingerprint density at radius 3 is 2.58 bits per heavy atom. The van der Waals surface area contributed by atoms with Crippen LogP contribution in [0.5, 0.6) is 0 Å². The van der Waals surface area contributed by atoms with Crippen LogP contribution in [-0.4, -0.2) is 58.8 Å². The third-order valence-electron chi connectivity index (χ3n) is 2.94. The number of rotatable bonds is 6. The number of hydrogen-bond acceptors (Lipinski definition) is 3. The second-order valence-corrected chi connectivity index (χ2v) is 6.67. The second-order valence-electron chi connectivity index (χ2n) is 6.67. The van der Waals surface area contributed by atoms with Gasteiger partial charge in [0.25, 0.3) is 0 Å². The molecule has 2 N–H and O–H groups in total. The third-order valence-corrected chi connectivity index (χ3v) is 2.94. The van der Waals surface area contributed by atoms with E-state index in [0.717, 1.165) is 18.1 Å². The number of aliphatic imine (C=N–C) groups is 1. The molecule has 0 fully saturated rings. The maximum absolute atomic E-state index is 12.0. The van der Waals surface area contributed by atoms with Crippen LogP contribution in [0.2, 0.25) is 0 Å². The average Bonchev–Trinajstić information content (AvgIpc) is 2.81. The average molecular weight is 450 g/mol. The number of hydrogen-bond donors (Lipinski definition) is 2. The number of likely N-dealkylation sites (N-methyl/N-ethyl adjacent to an activating group) is 1.